The fourth-order valence-electron chi connectivity index (χ4n) is 1.84. The lowest BCUT2D eigenvalue weighted by Gasteiger charge is -2.39. The van der Waals surface area contributed by atoms with Gasteiger partial charge < -0.3 is 0 Å². The highest BCUT2D eigenvalue weighted by Gasteiger charge is 2.26. The van der Waals surface area contributed by atoms with Crippen LogP contribution in [0.15, 0.2) is 6.20 Å². The molecule has 1 fully saturated rings. The first-order chi connectivity index (χ1) is 6.29. The van der Waals surface area contributed by atoms with E-state index in [1.807, 2.05) is 13.2 Å². The predicted octanol–water partition coefficient (Wildman–Crippen LogP) is 0.799. The predicted molar refractivity (Wildman–Crippen MR) is 50.1 cm³/mol. The molecular weight excluding hydrogens is 164 g/mol. The minimum Gasteiger partial charge on any atom is -0.294 e. The van der Waals surface area contributed by atoms with E-state index >= 15 is 0 Å². The van der Waals surface area contributed by atoms with Crippen LogP contribution >= 0.6 is 0 Å². The topological polar surface area (TPSA) is 34.0 Å². The van der Waals surface area contributed by atoms with Crippen molar-refractivity contribution in [1.29, 1.82) is 0 Å². The Balaban J connectivity index is 1.91. The van der Waals surface area contributed by atoms with Crippen molar-refractivity contribution < 1.29 is 0 Å². The van der Waals surface area contributed by atoms with Crippen molar-refractivity contribution in [2.24, 2.45) is 7.05 Å². The van der Waals surface area contributed by atoms with Gasteiger partial charge in [0.1, 0.15) is 0 Å². The molecule has 1 unspecified atom stereocenters. The maximum absolute atomic E-state index is 4.08. The van der Waals surface area contributed by atoms with Crippen LogP contribution < -0.4 is 0 Å². The van der Waals surface area contributed by atoms with Crippen molar-refractivity contribution in [3.63, 3.8) is 0 Å². The Morgan fingerprint density at radius 2 is 2.46 bits per heavy atom. The van der Waals surface area contributed by atoms with Crippen LogP contribution in [0.2, 0.25) is 0 Å². The number of hydrogen-bond acceptors (Lipinski definition) is 3. The smallest absolute Gasteiger partial charge is 0.0967 e. The molecule has 13 heavy (non-hydrogen) atoms. The van der Waals surface area contributed by atoms with E-state index in [-0.39, 0.29) is 0 Å². The summed E-state index contributed by atoms with van der Waals surface area (Å²) in [6.45, 7) is 4.43. The second-order valence-electron chi connectivity index (χ2n) is 3.70. The second kappa shape index (κ2) is 3.46. The molecule has 1 aliphatic rings. The zero-order valence-corrected chi connectivity index (χ0v) is 8.27. The molecule has 1 aliphatic heterocycles. The van der Waals surface area contributed by atoms with E-state index in [1.54, 1.807) is 4.68 Å². The van der Waals surface area contributed by atoms with E-state index in [2.05, 4.69) is 22.1 Å². The van der Waals surface area contributed by atoms with Gasteiger partial charge in [-0.15, -0.1) is 5.10 Å². The number of likely N-dealkylation sites (tertiary alicyclic amines) is 1. The Morgan fingerprint density at radius 1 is 1.62 bits per heavy atom. The fourth-order valence-corrected chi connectivity index (χ4v) is 1.84. The van der Waals surface area contributed by atoms with E-state index in [0.717, 1.165) is 18.3 Å². The van der Waals surface area contributed by atoms with Gasteiger partial charge in [-0.05, 0) is 12.8 Å². The van der Waals surface area contributed by atoms with Gasteiger partial charge >= 0.3 is 0 Å². The molecule has 0 amide bonds. The van der Waals surface area contributed by atoms with Crippen LogP contribution in [-0.2, 0) is 13.6 Å². The maximum Gasteiger partial charge on any atom is 0.0967 e. The van der Waals surface area contributed by atoms with Crippen molar-refractivity contribution in [1.82, 2.24) is 19.9 Å². The van der Waals surface area contributed by atoms with Gasteiger partial charge in [0.2, 0.25) is 0 Å². The van der Waals surface area contributed by atoms with E-state index in [4.69, 9.17) is 0 Å². The molecule has 0 aliphatic carbocycles. The van der Waals surface area contributed by atoms with Gasteiger partial charge in [-0.2, -0.15) is 0 Å². The summed E-state index contributed by atoms with van der Waals surface area (Å²) >= 11 is 0. The molecule has 4 heteroatoms. The van der Waals surface area contributed by atoms with Crippen LogP contribution in [0.4, 0.5) is 0 Å². The van der Waals surface area contributed by atoms with Gasteiger partial charge in [-0.25, -0.2) is 0 Å². The summed E-state index contributed by atoms with van der Waals surface area (Å²) in [5.74, 6) is 0. The van der Waals surface area contributed by atoms with Crippen molar-refractivity contribution in [2.75, 3.05) is 6.54 Å². The van der Waals surface area contributed by atoms with Gasteiger partial charge in [0.25, 0.3) is 0 Å². The van der Waals surface area contributed by atoms with Gasteiger partial charge in [0, 0.05) is 32.4 Å². The van der Waals surface area contributed by atoms with E-state index in [9.17, 15) is 0 Å². The summed E-state index contributed by atoms with van der Waals surface area (Å²) in [7, 11) is 1.91. The molecule has 0 radical (unpaired) electrons. The molecule has 1 saturated heterocycles. The lowest BCUT2D eigenvalue weighted by molar-refractivity contribution is 0.0776. The number of aryl methyl sites for hydroxylation is 1. The van der Waals surface area contributed by atoms with Gasteiger partial charge in [-0.3, -0.25) is 9.58 Å². The Kier molecular flexibility index (Phi) is 2.31. The molecule has 0 saturated carbocycles. The average Bonchev–Trinajstić information content (AvgIpc) is 2.46. The van der Waals surface area contributed by atoms with Gasteiger partial charge in [0.15, 0.2) is 0 Å². The summed E-state index contributed by atoms with van der Waals surface area (Å²) in [5, 5.41) is 8.00. The van der Waals surface area contributed by atoms with Crippen LogP contribution in [0.25, 0.3) is 0 Å². The summed E-state index contributed by atoms with van der Waals surface area (Å²) in [6.07, 6.45) is 4.59. The number of nitrogens with zero attached hydrogens (tertiary/aromatic N) is 4. The Labute approximate surface area is 78.5 Å². The van der Waals surface area contributed by atoms with Crippen LogP contribution in [0, 0.1) is 0 Å². The zero-order chi connectivity index (χ0) is 9.26. The van der Waals surface area contributed by atoms with Crippen LogP contribution in [0.3, 0.4) is 0 Å². The molecule has 0 N–H and O–H groups in total. The molecule has 1 atom stereocenters. The summed E-state index contributed by atoms with van der Waals surface area (Å²) in [5.41, 5.74) is 1.08. The third-order valence-electron chi connectivity index (χ3n) is 2.75. The molecule has 0 bridgehead atoms. The summed E-state index contributed by atoms with van der Waals surface area (Å²) in [6, 6.07) is 0.780. The molecular formula is C9H16N4. The van der Waals surface area contributed by atoms with Crippen molar-refractivity contribution in [3.8, 4) is 0 Å². The summed E-state index contributed by atoms with van der Waals surface area (Å²) in [4.78, 5) is 2.46. The monoisotopic (exact) mass is 180 g/mol. The highest BCUT2D eigenvalue weighted by molar-refractivity contribution is 4.95. The molecule has 2 rings (SSSR count). The quantitative estimate of drug-likeness (QED) is 0.690. The Morgan fingerprint density at radius 3 is 2.92 bits per heavy atom. The lowest BCUT2D eigenvalue weighted by Crippen LogP contribution is -2.46. The highest BCUT2D eigenvalue weighted by atomic mass is 15.4. The molecule has 2 heterocycles. The van der Waals surface area contributed by atoms with Gasteiger partial charge in [-0.1, -0.05) is 12.1 Å². The highest BCUT2D eigenvalue weighted by Crippen LogP contribution is 2.21. The van der Waals surface area contributed by atoms with E-state index < -0.39 is 0 Å². The maximum atomic E-state index is 4.08. The Hall–Kier alpha value is -0.900. The van der Waals surface area contributed by atoms with Crippen LogP contribution in [-0.4, -0.2) is 32.5 Å². The minimum absolute atomic E-state index is 0.780. The summed E-state index contributed by atoms with van der Waals surface area (Å²) < 4.78 is 1.76. The normalized spacial score (nSPS) is 23.1. The molecule has 1 aromatic heterocycles. The molecule has 4 nitrogen and oxygen atoms in total. The average molecular weight is 180 g/mol. The molecule has 0 aromatic carbocycles. The first-order valence-electron chi connectivity index (χ1n) is 4.89. The van der Waals surface area contributed by atoms with Crippen molar-refractivity contribution >= 4 is 0 Å². The fraction of sp³-hybridized carbons (Fsp3) is 0.778. The first kappa shape index (κ1) is 8.69. The number of aromatic nitrogens is 3. The number of rotatable bonds is 3. The molecule has 1 aromatic rings. The molecule has 0 spiro atoms. The number of hydrogen-bond donors (Lipinski definition) is 0. The third-order valence-corrected chi connectivity index (χ3v) is 2.75. The van der Waals surface area contributed by atoms with Crippen molar-refractivity contribution in [3.05, 3.63) is 11.9 Å². The van der Waals surface area contributed by atoms with E-state index in [0.29, 0.717) is 0 Å². The van der Waals surface area contributed by atoms with Crippen LogP contribution in [0.1, 0.15) is 25.5 Å². The van der Waals surface area contributed by atoms with Crippen molar-refractivity contribution in [2.45, 2.75) is 32.4 Å². The van der Waals surface area contributed by atoms with Crippen LogP contribution in [0.5, 0.6) is 0 Å². The standard InChI is InChI=1S/C9H16N4/c1-3-9-4-5-13(9)7-8-6-12(2)11-10-8/h6,9H,3-5,7H2,1-2H3. The molecule has 72 valence electrons. The second-order valence-corrected chi connectivity index (χ2v) is 3.70. The Bertz CT molecular complexity index is 279. The SMILES string of the molecule is CCC1CCN1Cc1cn(C)nn1. The first-order valence-corrected chi connectivity index (χ1v) is 4.89. The van der Waals surface area contributed by atoms with Gasteiger partial charge in [0.05, 0.1) is 5.69 Å². The van der Waals surface area contributed by atoms with E-state index in [1.165, 1.54) is 19.4 Å². The largest absolute Gasteiger partial charge is 0.294 e. The zero-order valence-electron chi connectivity index (χ0n) is 8.27. The lowest BCUT2D eigenvalue weighted by atomic mass is 10.0. The minimum atomic E-state index is 0.780. The third kappa shape index (κ3) is 1.72.